The smallest absolute Gasteiger partial charge is 0.268 e. The molecule has 0 bridgehead atoms. The summed E-state index contributed by atoms with van der Waals surface area (Å²) >= 11 is 0. The van der Waals surface area contributed by atoms with Gasteiger partial charge in [0.2, 0.25) is 0 Å². The second-order valence-corrected chi connectivity index (χ2v) is 6.86. The molecule has 7 nitrogen and oxygen atoms in total. The van der Waals surface area contributed by atoms with Gasteiger partial charge in [0.25, 0.3) is 11.8 Å². The normalized spacial score (nSPS) is 12.4. The van der Waals surface area contributed by atoms with Crippen molar-refractivity contribution >= 4 is 28.8 Å². The van der Waals surface area contributed by atoms with Crippen LogP contribution in [-0.4, -0.2) is 43.7 Å². The first-order valence-electron chi connectivity index (χ1n) is 9.55. The van der Waals surface area contributed by atoms with Crippen molar-refractivity contribution in [2.24, 2.45) is 0 Å². The summed E-state index contributed by atoms with van der Waals surface area (Å²) in [7, 11) is 3.16. The number of hydrogen-bond donors (Lipinski definition) is 3. The van der Waals surface area contributed by atoms with E-state index in [4.69, 9.17) is 9.47 Å². The Hall–Kier alpha value is -3.58. The number of ether oxygens (including phenoxy) is 2. The molecule has 1 atom stereocenters. The molecule has 7 heteroatoms. The third kappa shape index (κ3) is 5.07. The molecule has 1 heterocycles. The third-order valence-electron chi connectivity index (χ3n) is 4.54. The Balaban J connectivity index is 1.96. The molecule has 3 aromatic rings. The molecule has 3 N–H and O–H groups in total. The molecule has 0 aliphatic heterocycles. The predicted molar refractivity (Wildman–Crippen MR) is 116 cm³/mol. The number of nitrogens with one attached hydrogen (secondary N) is 3. The first-order valence-corrected chi connectivity index (χ1v) is 9.55. The molecule has 0 aliphatic carbocycles. The van der Waals surface area contributed by atoms with Crippen molar-refractivity contribution in [1.29, 1.82) is 0 Å². The standard InChI is InChI=1S/C23H25N3O4/c1-15(14-29-2)25-23(28)21(26-22(27)16-7-5-4-6-8-16)11-17-13-24-20-10-9-18(30-3)12-19(17)20/h4-13,15,24H,14H2,1-3H3,(H,25,28)(H,26,27)/b21-11-/t15-/m1/s1. The molecule has 156 valence electrons. The molecule has 0 spiro atoms. The van der Waals surface area contributed by atoms with Crippen molar-refractivity contribution in [3.63, 3.8) is 0 Å². The van der Waals surface area contributed by atoms with Crippen LogP contribution in [0, 0.1) is 0 Å². The number of hydrogen-bond acceptors (Lipinski definition) is 4. The SMILES string of the molecule is COC[C@@H](C)NC(=O)/C(=C/c1c[nH]c2ccc(OC)cc12)NC(=O)c1ccccc1. The number of aromatic nitrogens is 1. The largest absolute Gasteiger partial charge is 0.497 e. The highest BCUT2D eigenvalue weighted by atomic mass is 16.5. The molecule has 2 aromatic carbocycles. The highest BCUT2D eigenvalue weighted by Crippen LogP contribution is 2.25. The van der Waals surface area contributed by atoms with Gasteiger partial charge >= 0.3 is 0 Å². The van der Waals surface area contributed by atoms with Crippen LogP contribution >= 0.6 is 0 Å². The van der Waals surface area contributed by atoms with Gasteiger partial charge in [-0.15, -0.1) is 0 Å². The monoisotopic (exact) mass is 407 g/mol. The molecule has 0 saturated carbocycles. The number of benzene rings is 2. The lowest BCUT2D eigenvalue weighted by Gasteiger charge is -2.15. The minimum Gasteiger partial charge on any atom is -0.497 e. The van der Waals surface area contributed by atoms with Crippen molar-refractivity contribution in [2.45, 2.75) is 13.0 Å². The van der Waals surface area contributed by atoms with Crippen LogP contribution < -0.4 is 15.4 Å². The summed E-state index contributed by atoms with van der Waals surface area (Å²) in [6.45, 7) is 2.19. The zero-order valence-electron chi connectivity index (χ0n) is 17.2. The molecule has 30 heavy (non-hydrogen) atoms. The summed E-state index contributed by atoms with van der Waals surface area (Å²) < 4.78 is 10.4. The molecule has 0 unspecified atom stereocenters. The lowest BCUT2D eigenvalue weighted by Crippen LogP contribution is -2.41. The van der Waals surface area contributed by atoms with Crippen molar-refractivity contribution < 1.29 is 19.1 Å². The van der Waals surface area contributed by atoms with Crippen molar-refractivity contribution in [3.8, 4) is 5.75 Å². The molecule has 3 rings (SSSR count). The Labute approximate surface area is 175 Å². The number of aromatic amines is 1. The molecule has 2 amide bonds. The summed E-state index contributed by atoms with van der Waals surface area (Å²) in [6.07, 6.45) is 3.43. The van der Waals surface area contributed by atoms with Gasteiger partial charge in [0.05, 0.1) is 13.7 Å². The Morgan fingerprint density at radius 1 is 1.13 bits per heavy atom. The maximum absolute atomic E-state index is 12.9. The molecule has 0 aliphatic rings. The maximum Gasteiger partial charge on any atom is 0.268 e. The average molecular weight is 407 g/mol. The van der Waals surface area contributed by atoms with Gasteiger partial charge in [0, 0.05) is 41.4 Å². The van der Waals surface area contributed by atoms with Gasteiger partial charge in [-0.3, -0.25) is 9.59 Å². The topological polar surface area (TPSA) is 92.4 Å². The molecule has 0 fully saturated rings. The third-order valence-corrected chi connectivity index (χ3v) is 4.54. The number of carbonyl (C=O) groups excluding carboxylic acids is 2. The summed E-state index contributed by atoms with van der Waals surface area (Å²) in [5, 5.41) is 6.45. The molecule has 0 radical (unpaired) electrons. The van der Waals surface area contributed by atoms with E-state index in [1.165, 1.54) is 0 Å². The quantitative estimate of drug-likeness (QED) is 0.500. The van der Waals surface area contributed by atoms with E-state index >= 15 is 0 Å². The van der Waals surface area contributed by atoms with Gasteiger partial charge in [-0.25, -0.2) is 0 Å². The van der Waals surface area contributed by atoms with Gasteiger partial charge in [0.15, 0.2) is 0 Å². The van der Waals surface area contributed by atoms with Crippen LogP contribution in [0.4, 0.5) is 0 Å². The first kappa shape index (κ1) is 21.1. The van der Waals surface area contributed by atoms with E-state index in [1.54, 1.807) is 50.8 Å². The van der Waals surface area contributed by atoms with Crippen LogP contribution in [0.3, 0.4) is 0 Å². The van der Waals surface area contributed by atoms with Crippen molar-refractivity contribution in [1.82, 2.24) is 15.6 Å². The highest BCUT2D eigenvalue weighted by molar-refractivity contribution is 6.06. The van der Waals surface area contributed by atoms with Crippen molar-refractivity contribution in [2.75, 3.05) is 20.8 Å². The fraction of sp³-hybridized carbons (Fsp3) is 0.217. The molecular formula is C23H25N3O4. The van der Waals surface area contributed by atoms with Gasteiger partial charge in [-0.1, -0.05) is 18.2 Å². The van der Waals surface area contributed by atoms with E-state index in [-0.39, 0.29) is 17.6 Å². The fourth-order valence-corrected chi connectivity index (χ4v) is 3.06. The second kappa shape index (κ2) is 9.76. The zero-order chi connectivity index (χ0) is 21.5. The molecule has 1 aromatic heterocycles. The lowest BCUT2D eigenvalue weighted by atomic mass is 10.1. The van der Waals surface area contributed by atoms with Crippen LogP contribution in [0.1, 0.15) is 22.8 Å². The zero-order valence-corrected chi connectivity index (χ0v) is 17.2. The summed E-state index contributed by atoms with van der Waals surface area (Å²) in [5.41, 5.74) is 2.24. The number of rotatable bonds is 8. The second-order valence-electron chi connectivity index (χ2n) is 6.86. The highest BCUT2D eigenvalue weighted by Gasteiger charge is 2.17. The van der Waals surface area contributed by atoms with E-state index in [9.17, 15) is 9.59 Å². The van der Waals surface area contributed by atoms with Crippen LogP contribution in [0.2, 0.25) is 0 Å². The minimum atomic E-state index is -0.402. The van der Waals surface area contributed by atoms with Gasteiger partial charge in [-0.2, -0.15) is 0 Å². The Kier molecular flexibility index (Phi) is 6.87. The summed E-state index contributed by atoms with van der Waals surface area (Å²) in [4.78, 5) is 28.7. The van der Waals surface area contributed by atoms with E-state index in [2.05, 4.69) is 15.6 Å². The van der Waals surface area contributed by atoms with Crippen LogP contribution in [0.25, 0.3) is 17.0 Å². The lowest BCUT2D eigenvalue weighted by molar-refractivity contribution is -0.118. The average Bonchev–Trinajstić information content (AvgIpc) is 3.15. The number of carbonyl (C=O) groups is 2. The van der Waals surface area contributed by atoms with Gasteiger partial charge in [-0.05, 0) is 43.3 Å². The van der Waals surface area contributed by atoms with Crippen LogP contribution in [0.5, 0.6) is 5.75 Å². The Morgan fingerprint density at radius 2 is 1.90 bits per heavy atom. The maximum atomic E-state index is 12.9. The first-order chi connectivity index (χ1) is 14.5. The van der Waals surface area contributed by atoms with E-state index in [0.717, 1.165) is 16.5 Å². The van der Waals surface area contributed by atoms with Crippen molar-refractivity contribution in [3.05, 3.63) is 71.6 Å². The van der Waals surface area contributed by atoms with E-state index in [1.807, 2.05) is 31.2 Å². The number of amides is 2. The summed E-state index contributed by atoms with van der Waals surface area (Å²) in [5.74, 6) is -0.0697. The fourth-order valence-electron chi connectivity index (χ4n) is 3.06. The minimum absolute atomic E-state index is 0.135. The molecular weight excluding hydrogens is 382 g/mol. The summed E-state index contributed by atoms with van der Waals surface area (Å²) in [6, 6.07) is 14.1. The molecule has 0 saturated heterocycles. The van der Waals surface area contributed by atoms with Crippen LogP contribution in [0.15, 0.2) is 60.4 Å². The van der Waals surface area contributed by atoms with Gasteiger partial charge in [0.1, 0.15) is 11.4 Å². The Morgan fingerprint density at radius 3 is 2.60 bits per heavy atom. The van der Waals surface area contributed by atoms with Gasteiger partial charge < -0.3 is 25.1 Å². The van der Waals surface area contributed by atoms with Crippen LogP contribution in [-0.2, 0) is 9.53 Å². The predicted octanol–water partition coefficient (Wildman–Crippen LogP) is 3.10. The van der Waals surface area contributed by atoms with E-state index in [0.29, 0.717) is 17.9 Å². The number of fused-ring (bicyclic) bond motifs is 1. The van der Waals surface area contributed by atoms with E-state index < -0.39 is 5.91 Å². The number of H-pyrrole nitrogens is 1. The number of methoxy groups -OCH3 is 2. The Bertz CT molecular complexity index is 1060.